The van der Waals surface area contributed by atoms with E-state index in [4.69, 9.17) is 9.47 Å². The molecule has 0 aliphatic rings. The van der Waals surface area contributed by atoms with E-state index >= 15 is 0 Å². The normalized spacial score (nSPS) is 10.0. The van der Waals surface area contributed by atoms with Gasteiger partial charge in [0.25, 0.3) is 0 Å². The summed E-state index contributed by atoms with van der Waals surface area (Å²) in [6.45, 7) is 8.91. The predicted octanol–water partition coefficient (Wildman–Crippen LogP) is 2.70. The summed E-state index contributed by atoms with van der Waals surface area (Å²) in [5, 5.41) is 0. The van der Waals surface area contributed by atoms with Crippen molar-refractivity contribution in [3.63, 3.8) is 0 Å². The molecule has 0 atom stereocenters. The second-order valence-corrected chi connectivity index (χ2v) is 3.44. The summed E-state index contributed by atoms with van der Waals surface area (Å²) in [5.74, 6) is -0.356. The monoisotopic (exact) mass is 214 g/mol. The van der Waals surface area contributed by atoms with Crippen LogP contribution in [0, 0.1) is 0 Å². The Labute approximate surface area is 92.5 Å². The lowest BCUT2D eigenvalue weighted by atomic mass is 10.2. The second-order valence-electron chi connectivity index (χ2n) is 3.44. The largest absolute Gasteiger partial charge is 0.463 e. The number of hydrogen-bond donors (Lipinski definition) is 0. The molecule has 0 aromatic heterocycles. The third kappa shape index (κ3) is 8.18. The maximum Gasteiger partial charge on any atom is 0.335 e. The number of hydrogen-bond acceptors (Lipinski definition) is 3. The Bertz CT molecular complexity index is 187. The molecule has 0 heterocycles. The highest BCUT2D eigenvalue weighted by atomic mass is 16.5. The fourth-order valence-corrected chi connectivity index (χ4v) is 1.12. The fourth-order valence-electron chi connectivity index (χ4n) is 1.12. The van der Waals surface area contributed by atoms with Gasteiger partial charge in [0.1, 0.15) is 0 Å². The molecule has 0 spiro atoms. The summed E-state index contributed by atoms with van der Waals surface area (Å²) in [6, 6.07) is 0. The van der Waals surface area contributed by atoms with Crippen LogP contribution >= 0.6 is 0 Å². The van der Waals surface area contributed by atoms with Crippen LogP contribution in [0.3, 0.4) is 0 Å². The molecule has 0 aromatic rings. The molecule has 0 saturated carbocycles. The van der Waals surface area contributed by atoms with Crippen LogP contribution in [-0.2, 0) is 14.3 Å². The molecule has 0 aliphatic heterocycles. The SMILES string of the molecule is C=C(COCCCCCC)C(=O)OCC. The molecule has 0 aromatic carbocycles. The van der Waals surface area contributed by atoms with Crippen molar-refractivity contribution in [1.82, 2.24) is 0 Å². The van der Waals surface area contributed by atoms with Crippen LogP contribution in [-0.4, -0.2) is 25.8 Å². The summed E-state index contributed by atoms with van der Waals surface area (Å²) in [6.07, 6.45) is 4.68. The molecule has 88 valence electrons. The number of unbranched alkanes of at least 4 members (excludes halogenated alkanes) is 3. The van der Waals surface area contributed by atoms with E-state index in [0.717, 1.165) is 6.42 Å². The van der Waals surface area contributed by atoms with Crippen molar-refractivity contribution in [2.45, 2.75) is 39.5 Å². The summed E-state index contributed by atoms with van der Waals surface area (Å²) >= 11 is 0. The molecule has 0 aliphatic carbocycles. The third-order valence-corrected chi connectivity index (χ3v) is 1.98. The summed E-state index contributed by atoms with van der Waals surface area (Å²) < 4.78 is 10.1. The van der Waals surface area contributed by atoms with Crippen LogP contribution in [0.25, 0.3) is 0 Å². The van der Waals surface area contributed by atoms with E-state index in [2.05, 4.69) is 13.5 Å². The lowest BCUT2D eigenvalue weighted by Gasteiger charge is -2.06. The van der Waals surface area contributed by atoms with Gasteiger partial charge in [0.2, 0.25) is 0 Å². The highest BCUT2D eigenvalue weighted by molar-refractivity contribution is 5.87. The molecule has 0 unspecified atom stereocenters. The van der Waals surface area contributed by atoms with E-state index < -0.39 is 0 Å². The fraction of sp³-hybridized carbons (Fsp3) is 0.750. The van der Waals surface area contributed by atoms with Gasteiger partial charge >= 0.3 is 5.97 Å². The molecule has 0 rings (SSSR count). The number of ether oxygens (including phenoxy) is 2. The van der Waals surface area contributed by atoms with Gasteiger partial charge in [-0.2, -0.15) is 0 Å². The van der Waals surface area contributed by atoms with E-state index in [1.165, 1.54) is 19.3 Å². The molecule has 0 bridgehead atoms. The van der Waals surface area contributed by atoms with Gasteiger partial charge in [-0.3, -0.25) is 0 Å². The van der Waals surface area contributed by atoms with Crippen LogP contribution in [0.4, 0.5) is 0 Å². The van der Waals surface area contributed by atoms with Crippen molar-refractivity contribution >= 4 is 5.97 Å². The van der Waals surface area contributed by atoms with Crippen LogP contribution in [0.15, 0.2) is 12.2 Å². The first-order valence-corrected chi connectivity index (χ1v) is 5.65. The van der Waals surface area contributed by atoms with Crippen molar-refractivity contribution in [3.05, 3.63) is 12.2 Å². The molecule has 3 nitrogen and oxygen atoms in total. The van der Waals surface area contributed by atoms with Crippen molar-refractivity contribution in [3.8, 4) is 0 Å². The summed E-state index contributed by atoms with van der Waals surface area (Å²) in [5.41, 5.74) is 0.396. The summed E-state index contributed by atoms with van der Waals surface area (Å²) in [7, 11) is 0. The van der Waals surface area contributed by atoms with E-state index in [1.807, 2.05) is 0 Å². The molecule has 0 radical (unpaired) electrons. The van der Waals surface area contributed by atoms with E-state index in [9.17, 15) is 4.79 Å². The van der Waals surface area contributed by atoms with Gasteiger partial charge in [0.15, 0.2) is 0 Å². The molecule has 0 saturated heterocycles. The zero-order valence-corrected chi connectivity index (χ0v) is 9.88. The predicted molar refractivity (Wildman–Crippen MR) is 60.7 cm³/mol. The molecule has 0 N–H and O–H groups in total. The van der Waals surface area contributed by atoms with Crippen LogP contribution in [0.2, 0.25) is 0 Å². The Hall–Kier alpha value is -0.830. The maximum absolute atomic E-state index is 11.1. The Balaban J connectivity index is 3.35. The first-order chi connectivity index (χ1) is 7.22. The highest BCUT2D eigenvalue weighted by Gasteiger charge is 2.06. The Kier molecular flexibility index (Phi) is 9.18. The minimum atomic E-state index is -0.356. The zero-order valence-electron chi connectivity index (χ0n) is 9.88. The molecule has 0 fully saturated rings. The zero-order chi connectivity index (χ0) is 11.5. The Morgan fingerprint density at radius 3 is 2.53 bits per heavy atom. The van der Waals surface area contributed by atoms with Gasteiger partial charge in [0.05, 0.1) is 18.8 Å². The van der Waals surface area contributed by atoms with Crippen molar-refractivity contribution in [2.75, 3.05) is 19.8 Å². The highest BCUT2D eigenvalue weighted by Crippen LogP contribution is 2.01. The first kappa shape index (κ1) is 14.2. The number of rotatable bonds is 9. The topological polar surface area (TPSA) is 35.5 Å². The molecular weight excluding hydrogens is 192 g/mol. The first-order valence-electron chi connectivity index (χ1n) is 5.65. The Morgan fingerprint density at radius 2 is 1.93 bits per heavy atom. The number of carbonyl (C=O) groups is 1. The van der Waals surface area contributed by atoms with Crippen LogP contribution < -0.4 is 0 Å². The van der Waals surface area contributed by atoms with Crippen molar-refractivity contribution in [2.24, 2.45) is 0 Å². The van der Waals surface area contributed by atoms with Crippen molar-refractivity contribution < 1.29 is 14.3 Å². The minimum Gasteiger partial charge on any atom is -0.463 e. The number of esters is 1. The van der Waals surface area contributed by atoms with Gasteiger partial charge in [-0.1, -0.05) is 32.8 Å². The standard InChI is InChI=1S/C12H22O3/c1-4-6-7-8-9-14-10-11(3)12(13)15-5-2/h3-10H2,1-2H3. The van der Waals surface area contributed by atoms with E-state index in [0.29, 0.717) is 18.8 Å². The van der Waals surface area contributed by atoms with Gasteiger partial charge < -0.3 is 9.47 Å². The number of carbonyl (C=O) groups excluding carboxylic acids is 1. The molecular formula is C12H22O3. The average Bonchev–Trinajstić information content (AvgIpc) is 2.23. The van der Waals surface area contributed by atoms with Gasteiger partial charge in [-0.05, 0) is 13.3 Å². The molecule has 0 amide bonds. The maximum atomic E-state index is 11.1. The second kappa shape index (κ2) is 9.71. The molecule has 15 heavy (non-hydrogen) atoms. The lowest BCUT2D eigenvalue weighted by molar-refractivity contribution is -0.139. The van der Waals surface area contributed by atoms with E-state index in [-0.39, 0.29) is 12.6 Å². The quantitative estimate of drug-likeness (QED) is 0.336. The van der Waals surface area contributed by atoms with E-state index in [1.54, 1.807) is 6.92 Å². The average molecular weight is 214 g/mol. The van der Waals surface area contributed by atoms with Crippen LogP contribution in [0.5, 0.6) is 0 Å². The van der Waals surface area contributed by atoms with Gasteiger partial charge in [-0.25, -0.2) is 4.79 Å². The smallest absolute Gasteiger partial charge is 0.335 e. The van der Waals surface area contributed by atoms with Crippen molar-refractivity contribution in [1.29, 1.82) is 0 Å². The Morgan fingerprint density at radius 1 is 1.20 bits per heavy atom. The van der Waals surface area contributed by atoms with Gasteiger partial charge in [0, 0.05) is 6.61 Å². The van der Waals surface area contributed by atoms with Crippen LogP contribution in [0.1, 0.15) is 39.5 Å². The third-order valence-electron chi connectivity index (χ3n) is 1.98. The minimum absolute atomic E-state index is 0.283. The lowest BCUT2D eigenvalue weighted by Crippen LogP contribution is -2.12. The molecule has 3 heteroatoms. The van der Waals surface area contributed by atoms with Gasteiger partial charge in [-0.15, -0.1) is 0 Å². The summed E-state index contributed by atoms with van der Waals surface area (Å²) in [4.78, 5) is 11.1.